The van der Waals surface area contributed by atoms with Crippen LogP contribution in [-0.2, 0) is 17.2 Å². The van der Waals surface area contributed by atoms with Gasteiger partial charge in [-0.15, -0.1) is 11.3 Å². The highest BCUT2D eigenvalue weighted by atomic mass is 79.9. The van der Waals surface area contributed by atoms with Gasteiger partial charge in [-0.2, -0.15) is 0 Å². The van der Waals surface area contributed by atoms with Gasteiger partial charge in [-0.3, -0.25) is 4.21 Å². The molecule has 0 amide bonds. The van der Waals surface area contributed by atoms with Crippen LogP contribution in [0, 0.1) is 5.41 Å². The molecule has 0 N–H and O–H groups in total. The molecule has 0 fully saturated rings. The number of aromatic nitrogens is 2. The Morgan fingerprint density at radius 3 is 2.63 bits per heavy atom. The normalized spacial score (nSPS) is 13.9. The molecule has 0 saturated carbocycles. The van der Waals surface area contributed by atoms with Crippen LogP contribution in [0.25, 0.3) is 10.3 Å². The average Bonchev–Trinajstić information content (AvgIpc) is 2.68. The third-order valence-corrected chi connectivity index (χ3v) is 6.37. The fraction of sp³-hybridized carbons (Fsp3) is 0.538. The lowest BCUT2D eigenvalue weighted by atomic mass is 10.0. The van der Waals surface area contributed by atoms with Gasteiger partial charge in [0.15, 0.2) is 9.99 Å². The van der Waals surface area contributed by atoms with Crippen LogP contribution in [0.3, 0.4) is 0 Å². The average molecular weight is 361 g/mol. The predicted octanol–water partition coefficient (Wildman–Crippen LogP) is 4.17. The van der Waals surface area contributed by atoms with Crippen LogP contribution in [0.15, 0.2) is 14.9 Å². The van der Waals surface area contributed by atoms with Crippen molar-refractivity contribution in [1.29, 1.82) is 0 Å². The molecular weight excluding hydrogens is 344 g/mol. The maximum Gasteiger partial charge on any atom is 0.183 e. The molecule has 0 aliphatic heterocycles. The Morgan fingerprint density at radius 2 is 2.05 bits per heavy atom. The molecule has 6 heteroatoms. The summed E-state index contributed by atoms with van der Waals surface area (Å²) in [7, 11) is -1.05. The molecule has 2 heterocycles. The highest BCUT2D eigenvalue weighted by Crippen LogP contribution is 2.29. The Bertz CT molecular complexity index is 631. The first-order valence-electron chi connectivity index (χ1n) is 6.14. The Labute approximate surface area is 128 Å². The van der Waals surface area contributed by atoms with E-state index in [0.717, 1.165) is 21.3 Å². The number of hydrogen-bond donors (Lipinski definition) is 0. The number of rotatable bonds is 3. The quantitative estimate of drug-likeness (QED) is 0.824. The van der Waals surface area contributed by atoms with Gasteiger partial charge in [-0.1, -0.05) is 27.7 Å². The van der Waals surface area contributed by atoms with Gasteiger partial charge in [0.1, 0.15) is 0 Å². The number of pyridine rings is 1. The SMILES string of the molecule is CCc1nc2nc(S(=O)CC(C)(C)C)sc2cc1Br. The Hall–Kier alpha value is -0.330. The van der Waals surface area contributed by atoms with E-state index >= 15 is 0 Å². The van der Waals surface area contributed by atoms with Gasteiger partial charge in [0.05, 0.1) is 21.2 Å². The van der Waals surface area contributed by atoms with Gasteiger partial charge < -0.3 is 0 Å². The summed E-state index contributed by atoms with van der Waals surface area (Å²) in [5, 5.41) is 0. The zero-order valence-electron chi connectivity index (χ0n) is 11.5. The zero-order valence-corrected chi connectivity index (χ0v) is 14.7. The van der Waals surface area contributed by atoms with Crippen molar-refractivity contribution in [2.45, 2.75) is 38.5 Å². The van der Waals surface area contributed by atoms with E-state index in [4.69, 9.17) is 0 Å². The van der Waals surface area contributed by atoms with E-state index in [0.29, 0.717) is 15.7 Å². The maximum absolute atomic E-state index is 12.3. The van der Waals surface area contributed by atoms with Crippen molar-refractivity contribution in [3.05, 3.63) is 16.2 Å². The van der Waals surface area contributed by atoms with Crippen LogP contribution in [-0.4, -0.2) is 19.9 Å². The highest BCUT2D eigenvalue weighted by Gasteiger charge is 2.19. The Morgan fingerprint density at radius 1 is 1.37 bits per heavy atom. The summed E-state index contributed by atoms with van der Waals surface area (Å²) in [5.74, 6) is 0.620. The van der Waals surface area contributed by atoms with E-state index in [2.05, 4.69) is 53.6 Å². The first-order chi connectivity index (χ1) is 8.80. The molecular formula is C13H17BrN2OS2. The molecule has 104 valence electrons. The van der Waals surface area contributed by atoms with Crippen molar-refractivity contribution in [2.75, 3.05) is 5.75 Å². The van der Waals surface area contributed by atoms with Crippen LogP contribution >= 0.6 is 27.3 Å². The van der Waals surface area contributed by atoms with Crippen LogP contribution < -0.4 is 0 Å². The molecule has 1 unspecified atom stereocenters. The number of nitrogens with zero attached hydrogens (tertiary/aromatic N) is 2. The smallest absolute Gasteiger partial charge is 0.183 e. The second-order valence-corrected chi connectivity index (χ2v) is 9.13. The third-order valence-electron chi connectivity index (χ3n) is 2.48. The van der Waals surface area contributed by atoms with Crippen molar-refractivity contribution in [2.24, 2.45) is 5.41 Å². The highest BCUT2D eigenvalue weighted by molar-refractivity contribution is 9.10. The second kappa shape index (κ2) is 5.58. The topological polar surface area (TPSA) is 42.9 Å². The van der Waals surface area contributed by atoms with E-state index in [1.807, 2.05) is 6.07 Å². The monoisotopic (exact) mass is 360 g/mol. The summed E-state index contributed by atoms with van der Waals surface area (Å²) < 4.78 is 15.0. The fourth-order valence-corrected chi connectivity index (χ4v) is 5.00. The number of thiazole rings is 1. The van der Waals surface area contributed by atoms with Crippen molar-refractivity contribution in [1.82, 2.24) is 9.97 Å². The van der Waals surface area contributed by atoms with Crippen LogP contribution in [0.2, 0.25) is 0 Å². The van der Waals surface area contributed by atoms with Crippen molar-refractivity contribution in [3.63, 3.8) is 0 Å². The van der Waals surface area contributed by atoms with E-state index in [-0.39, 0.29) is 5.41 Å². The summed E-state index contributed by atoms with van der Waals surface area (Å²) >= 11 is 4.99. The fourth-order valence-electron chi connectivity index (χ4n) is 1.66. The van der Waals surface area contributed by atoms with Crippen LogP contribution in [0.1, 0.15) is 33.4 Å². The standard InChI is InChI=1S/C13H17BrN2OS2/c1-5-9-8(14)6-10-11(15-9)16-12(18-10)19(17)7-13(2,3)4/h6H,5,7H2,1-4H3. The minimum atomic E-state index is -1.05. The molecule has 0 saturated heterocycles. The summed E-state index contributed by atoms with van der Waals surface area (Å²) in [5.41, 5.74) is 1.74. The lowest BCUT2D eigenvalue weighted by Gasteiger charge is -2.15. The Balaban J connectivity index is 2.39. The minimum absolute atomic E-state index is 0.0330. The molecule has 0 aliphatic carbocycles. The van der Waals surface area contributed by atoms with E-state index in [1.54, 1.807) is 0 Å². The van der Waals surface area contributed by atoms with Gasteiger partial charge in [-0.05, 0) is 33.8 Å². The minimum Gasteiger partial charge on any atom is -0.252 e. The predicted molar refractivity (Wildman–Crippen MR) is 85.2 cm³/mol. The molecule has 2 rings (SSSR count). The van der Waals surface area contributed by atoms with Crippen molar-refractivity contribution >= 4 is 48.4 Å². The van der Waals surface area contributed by atoms with Gasteiger partial charge in [0, 0.05) is 10.2 Å². The van der Waals surface area contributed by atoms with Gasteiger partial charge in [0.25, 0.3) is 0 Å². The zero-order chi connectivity index (χ0) is 14.2. The van der Waals surface area contributed by atoms with Crippen LogP contribution in [0.4, 0.5) is 0 Å². The summed E-state index contributed by atoms with van der Waals surface area (Å²) in [4.78, 5) is 8.94. The first kappa shape index (κ1) is 15.1. The maximum atomic E-state index is 12.3. The van der Waals surface area contributed by atoms with Gasteiger partial charge >= 0.3 is 0 Å². The number of hydrogen-bond acceptors (Lipinski definition) is 4. The molecule has 2 aromatic heterocycles. The molecule has 0 radical (unpaired) electrons. The number of aryl methyl sites for hydroxylation is 1. The number of fused-ring (bicyclic) bond motifs is 1. The molecule has 0 spiro atoms. The van der Waals surface area contributed by atoms with E-state index in [9.17, 15) is 4.21 Å². The lowest BCUT2D eigenvalue weighted by molar-refractivity contribution is 0.474. The molecule has 1 atom stereocenters. The van der Waals surface area contributed by atoms with Gasteiger partial charge in [-0.25, -0.2) is 9.97 Å². The lowest BCUT2D eigenvalue weighted by Crippen LogP contribution is -2.16. The third kappa shape index (κ3) is 3.61. The van der Waals surface area contributed by atoms with Crippen LogP contribution in [0.5, 0.6) is 0 Å². The molecule has 19 heavy (non-hydrogen) atoms. The van der Waals surface area contributed by atoms with Crippen molar-refractivity contribution < 1.29 is 4.21 Å². The van der Waals surface area contributed by atoms with E-state index in [1.165, 1.54) is 11.3 Å². The first-order valence-corrected chi connectivity index (χ1v) is 9.07. The largest absolute Gasteiger partial charge is 0.252 e. The Kier molecular flexibility index (Phi) is 4.42. The molecule has 0 bridgehead atoms. The molecule has 0 aliphatic rings. The number of halogens is 1. The molecule has 2 aromatic rings. The van der Waals surface area contributed by atoms with E-state index < -0.39 is 10.8 Å². The summed E-state index contributed by atoms with van der Waals surface area (Å²) in [6.45, 7) is 8.32. The van der Waals surface area contributed by atoms with Crippen molar-refractivity contribution in [3.8, 4) is 0 Å². The summed E-state index contributed by atoms with van der Waals surface area (Å²) in [6, 6.07) is 2.02. The molecule has 0 aromatic carbocycles. The van der Waals surface area contributed by atoms with Gasteiger partial charge in [0.2, 0.25) is 0 Å². The molecule has 3 nitrogen and oxygen atoms in total. The second-order valence-electron chi connectivity index (χ2n) is 5.62. The summed E-state index contributed by atoms with van der Waals surface area (Å²) in [6.07, 6.45) is 0.856.